The minimum Gasteiger partial charge on any atom is -0.353 e. The summed E-state index contributed by atoms with van der Waals surface area (Å²) in [5, 5.41) is 1.27. The summed E-state index contributed by atoms with van der Waals surface area (Å²) in [5.41, 5.74) is 2.03. The monoisotopic (exact) mass is 333 g/mol. The number of hydrogen-bond donors (Lipinski definition) is 0. The Bertz CT molecular complexity index is 648. The third kappa shape index (κ3) is 3.08. The second-order valence-corrected chi connectivity index (χ2v) is 6.74. The molecule has 0 bridgehead atoms. The molecule has 2 heterocycles. The van der Waals surface area contributed by atoms with Crippen LogP contribution in [0.4, 0.5) is 5.82 Å². The minimum atomic E-state index is 0.483. The lowest BCUT2D eigenvalue weighted by Crippen LogP contribution is -2.38. The molecule has 0 amide bonds. The fourth-order valence-corrected chi connectivity index (χ4v) is 3.65. The van der Waals surface area contributed by atoms with Crippen LogP contribution >= 0.6 is 23.4 Å². The maximum Gasteiger partial charge on any atom is 0.190 e. The van der Waals surface area contributed by atoms with E-state index in [-0.39, 0.29) is 0 Å². The molecule has 2 aromatic rings. The SMILES string of the molecule is CSc1nc(Cl)c(-c2ccccc2)c(N2CCCCC2C)n1. The summed E-state index contributed by atoms with van der Waals surface area (Å²) < 4.78 is 0. The molecule has 0 spiro atoms. The summed E-state index contributed by atoms with van der Waals surface area (Å²) in [4.78, 5) is 11.6. The van der Waals surface area contributed by atoms with Gasteiger partial charge >= 0.3 is 0 Å². The number of benzene rings is 1. The molecule has 1 aromatic heterocycles. The van der Waals surface area contributed by atoms with E-state index in [1.807, 2.05) is 24.5 Å². The van der Waals surface area contributed by atoms with Crippen LogP contribution in [0.1, 0.15) is 26.2 Å². The first-order chi connectivity index (χ1) is 10.7. The Morgan fingerprint density at radius 2 is 1.95 bits per heavy atom. The van der Waals surface area contributed by atoms with E-state index < -0.39 is 0 Å². The second kappa shape index (κ2) is 6.88. The van der Waals surface area contributed by atoms with Crippen molar-refractivity contribution in [2.24, 2.45) is 0 Å². The summed E-state index contributed by atoms with van der Waals surface area (Å²) in [6, 6.07) is 10.7. The van der Waals surface area contributed by atoms with Gasteiger partial charge in [0, 0.05) is 12.6 Å². The van der Waals surface area contributed by atoms with E-state index in [1.165, 1.54) is 31.0 Å². The van der Waals surface area contributed by atoms with Gasteiger partial charge in [0.25, 0.3) is 0 Å². The Morgan fingerprint density at radius 1 is 1.18 bits per heavy atom. The van der Waals surface area contributed by atoms with Gasteiger partial charge in [-0.15, -0.1) is 0 Å². The predicted octanol–water partition coefficient (Wildman–Crippen LogP) is 4.90. The molecule has 5 heteroatoms. The Labute approximate surface area is 141 Å². The van der Waals surface area contributed by atoms with Crippen LogP contribution in [-0.2, 0) is 0 Å². The highest BCUT2D eigenvalue weighted by Gasteiger charge is 2.25. The van der Waals surface area contributed by atoms with Crippen molar-refractivity contribution < 1.29 is 0 Å². The number of nitrogens with zero attached hydrogens (tertiary/aromatic N) is 3. The minimum absolute atomic E-state index is 0.483. The molecular weight excluding hydrogens is 314 g/mol. The summed E-state index contributed by atoms with van der Waals surface area (Å²) in [6.07, 6.45) is 5.67. The van der Waals surface area contributed by atoms with E-state index >= 15 is 0 Å². The molecule has 1 aliphatic rings. The van der Waals surface area contributed by atoms with Crippen molar-refractivity contribution in [2.45, 2.75) is 37.4 Å². The van der Waals surface area contributed by atoms with Crippen molar-refractivity contribution in [2.75, 3.05) is 17.7 Å². The molecule has 22 heavy (non-hydrogen) atoms. The summed E-state index contributed by atoms with van der Waals surface area (Å²) >= 11 is 8.06. The summed E-state index contributed by atoms with van der Waals surface area (Å²) in [7, 11) is 0. The maximum absolute atomic E-state index is 6.52. The molecule has 1 aromatic carbocycles. The highest BCUT2D eigenvalue weighted by molar-refractivity contribution is 7.98. The number of halogens is 1. The number of aromatic nitrogens is 2. The normalized spacial score (nSPS) is 18.5. The van der Waals surface area contributed by atoms with Crippen LogP contribution in [0.25, 0.3) is 11.1 Å². The van der Waals surface area contributed by atoms with Gasteiger partial charge in [0.1, 0.15) is 11.0 Å². The van der Waals surface area contributed by atoms with Crippen LogP contribution in [0, 0.1) is 0 Å². The fraction of sp³-hybridized carbons (Fsp3) is 0.412. The Morgan fingerprint density at radius 3 is 2.64 bits per heavy atom. The Hall–Kier alpha value is -1.26. The van der Waals surface area contributed by atoms with E-state index in [4.69, 9.17) is 16.6 Å². The zero-order chi connectivity index (χ0) is 15.5. The fourth-order valence-electron chi connectivity index (χ4n) is 2.97. The van der Waals surface area contributed by atoms with Gasteiger partial charge < -0.3 is 4.90 Å². The first-order valence-electron chi connectivity index (χ1n) is 7.64. The molecule has 0 saturated carbocycles. The van der Waals surface area contributed by atoms with E-state index in [9.17, 15) is 0 Å². The van der Waals surface area contributed by atoms with Gasteiger partial charge in [-0.3, -0.25) is 0 Å². The van der Waals surface area contributed by atoms with Crippen molar-refractivity contribution >= 4 is 29.2 Å². The molecule has 3 rings (SSSR count). The molecular formula is C17H20ClN3S. The van der Waals surface area contributed by atoms with Gasteiger partial charge in [0.2, 0.25) is 0 Å². The molecule has 0 aliphatic carbocycles. The van der Waals surface area contributed by atoms with Crippen molar-refractivity contribution in [1.29, 1.82) is 0 Å². The van der Waals surface area contributed by atoms with Crippen LogP contribution in [0.15, 0.2) is 35.5 Å². The van der Waals surface area contributed by atoms with Gasteiger partial charge in [-0.2, -0.15) is 0 Å². The summed E-state index contributed by atoms with van der Waals surface area (Å²) in [5.74, 6) is 0.975. The second-order valence-electron chi connectivity index (χ2n) is 5.60. The zero-order valence-electron chi connectivity index (χ0n) is 12.9. The molecule has 0 N–H and O–H groups in total. The predicted molar refractivity (Wildman–Crippen MR) is 94.9 cm³/mol. The average Bonchev–Trinajstić information content (AvgIpc) is 2.55. The van der Waals surface area contributed by atoms with E-state index in [1.54, 1.807) is 0 Å². The van der Waals surface area contributed by atoms with Gasteiger partial charge in [-0.1, -0.05) is 53.7 Å². The van der Waals surface area contributed by atoms with E-state index in [0.29, 0.717) is 11.2 Å². The average molecular weight is 334 g/mol. The summed E-state index contributed by atoms with van der Waals surface area (Å²) in [6.45, 7) is 3.30. The highest BCUT2D eigenvalue weighted by Crippen LogP contribution is 2.38. The third-order valence-electron chi connectivity index (χ3n) is 4.15. The maximum atomic E-state index is 6.52. The van der Waals surface area contributed by atoms with Crippen molar-refractivity contribution in [3.63, 3.8) is 0 Å². The topological polar surface area (TPSA) is 29.0 Å². The molecule has 0 radical (unpaired) electrons. The Balaban J connectivity index is 2.15. The van der Waals surface area contributed by atoms with Crippen LogP contribution in [0.2, 0.25) is 5.15 Å². The van der Waals surface area contributed by atoms with Crippen molar-refractivity contribution in [3.8, 4) is 11.1 Å². The smallest absolute Gasteiger partial charge is 0.190 e. The lowest BCUT2D eigenvalue weighted by molar-refractivity contribution is 0.480. The highest BCUT2D eigenvalue weighted by atomic mass is 35.5. The van der Waals surface area contributed by atoms with Crippen LogP contribution < -0.4 is 4.90 Å². The molecule has 1 unspecified atom stereocenters. The number of thioether (sulfide) groups is 1. The van der Waals surface area contributed by atoms with Crippen molar-refractivity contribution in [3.05, 3.63) is 35.5 Å². The van der Waals surface area contributed by atoms with Crippen LogP contribution in [0.5, 0.6) is 0 Å². The molecule has 1 atom stereocenters. The zero-order valence-corrected chi connectivity index (χ0v) is 14.5. The van der Waals surface area contributed by atoms with E-state index in [0.717, 1.165) is 28.6 Å². The van der Waals surface area contributed by atoms with Gasteiger partial charge in [-0.05, 0) is 38.0 Å². The quantitative estimate of drug-likeness (QED) is 0.454. The third-order valence-corrected chi connectivity index (χ3v) is 4.97. The number of rotatable bonds is 3. The van der Waals surface area contributed by atoms with Crippen LogP contribution in [0.3, 0.4) is 0 Å². The first kappa shape index (κ1) is 15.6. The molecule has 116 valence electrons. The van der Waals surface area contributed by atoms with Crippen LogP contribution in [-0.4, -0.2) is 28.8 Å². The Kier molecular flexibility index (Phi) is 4.89. The number of hydrogen-bond acceptors (Lipinski definition) is 4. The van der Waals surface area contributed by atoms with Gasteiger partial charge in [-0.25, -0.2) is 9.97 Å². The molecule has 1 aliphatic heterocycles. The largest absolute Gasteiger partial charge is 0.353 e. The lowest BCUT2D eigenvalue weighted by Gasteiger charge is -2.35. The van der Waals surface area contributed by atoms with Gasteiger partial charge in [0.15, 0.2) is 5.16 Å². The van der Waals surface area contributed by atoms with E-state index in [2.05, 4.69) is 28.9 Å². The van der Waals surface area contributed by atoms with Crippen molar-refractivity contribution in [1.82, 2.24) is 9.97 Å². The van der Waals surface area contributed by atoms with Gasteiger partial charge in [0.05, 0.1) is 5.56 Å². The molecule has 1 saturated heterocycles. The number of piperidine rings is 1. The molecule has 3 nitrogen and oxygen atoms in total. The first-order valence-corrected chi connectivity index (χ1v) is 9.24. The lowest BCUT2D eigenvalue weighted by atomic mass is 10.0. The molecule has 1 fully saturated rings. The standard InChI is InChI=1S/C17H20ClN3S/c1-12-8-6-7-11-21(12)16-14(13-9-4-3-5-10-13)15(18)19-17(20-16)22-2/h3-5,9-10,12H,6-8,11H2,1-2H3. The number of anilines is 1.